The van der Waals surface area contributed by atoms with E-state index < -0.39 is 5.82 Å². The number of aryl methyl sites for hydroxylation is 1. The Bertz CT molecular complexity index is 2170. The molecule has 0 aliphatic carbocycles. The molecule has 0 spiro atoms. The summed E-state index contributed by atoms with van der Waals surface area (Å²) in [4.78, 5) is 42.5. The molecule has 6 nitrogen and oxygen atoms in total. The fraction of sp³-hybridized carbons (Fsp3) is 0.182. The lowest BCUT2D eigenvalue weighted by Crippen LogP contribution is -2.37. The molecule has 0 bridgehead atoms. The summed E-state index contributed by atoms with van der Waals surface area (Å²) in [6, 6.07) is 38.7. The fourth-order valence-corrected chi connectivity index (χ4v) is 7.99. The molecular weight excluding hydrogens is 704 g/mol. The van der Waals surface area contributed by atoms with E-state index in [9.17, 15) is 18.8 Å². The minimum Gasteiger partial charge on any atom is -0.372 e. The van der Waals surface area contributed by atoms with Gasteiger partial charge in [-0.1, -0.05) is 121 Å². The number of nitrogens with zero attached hydrogens (tertiary/aromatic N) is 1. The molecular formula is C44H37FN2O4S2. The number of amides is 2. The van der Waals surface area contributed by atoms with Crippen LogP contribution >= 0.6 is 24.0 Å². The van der Waals surface area contributed by atoms with Crippen LogP contribution in [0.15, 0.2) is 132 Å². The first kappa shape index (κ1) is 36.2. The average Bonchev–Trinajstić information content (AvgIpc) is 3.75. The maximum absolute atomic E-state index is 14.4. The molecule has 0 saturated carbocycles. The Labute approximate surface area is 318 Å². The third-order valence-corrected chi connectivity index (χ3v) is 10.8. The molecule has 5 aromatic rings. The number of thioether (sulfide) groups is 1. The highest BCUT2D eigenvalue weighted by atomic mass is 32.2. The van der Waals surface area contributed by atoms with Crippen molar-refractivity contribution in [3.8, 4) is 11.1 Å². The van der Waals surface area contributed by atoms with Crippen molar-refractivity contribution in [3.05, 3.63) is 171 Å². The van der Waals surface area contributed by atoms with E-state index in [0.29, 0.717) is 39.9 Å². The summed E-state index contributed by atoms with van der Waals surface area (Å²) >= 11 is 6.36. The predicted molar refractivity (Wildman–Crippen MR) is 212 cm³/mol. The highest BCUT2D eigenvalue weighted by Gasteiger charge is 2.37. The first-order chi connectivity index (χ1) is 25.8. The molecule has 2 atom stereocenters. The number of nitrogens with one attached hydrogen (secondary N) is 1. The van der Waals surface area contributed by atoms with E-state index in [4.69, 9.17) is 17.0 Å². The zero-order chi connectivity index (χ0) is 36.7. The molecule has 0 aromatic heterocycles. The topological polar surface area (TPSA) is 75.7 Å². The van der Waals surface area contributed by atoms with Gasteiger partial charge < -0.3 is 15.0 Å². The van der Waals surface area contributed by atoms with Crippen molar-refractivity contribution in [1.82, 2.24) is 10.2 Å². The zero-order valence-corrected chi connectivity index (χ0v) is 30.5. The Hall–Kier alpha value is -5.22. The SMILES string of the molecule is O=C1NC(=S)S/C1=C\c1ccc(CCC[C@@H]2C[C@@H](OCc3ccccc3-c3ccccc3)CN2C(=O)c2ccccc2C(=O)c2ccc(F)cc2)cc1. The molecule has 1 N–H and O–H groups in total. The second-order valence-corrected chi connectivity index (χ2v) is 14.9. The second-order valence-electron chi connectivity index (χ2n) is 13.2. The van der Waals surface area contributed by atoms with Crippen LogP contribution in [0.5, 0.6) is 0 Å². The lowest BCUT2D eigenvalue weighted by molar-refractivity contribution is -0.115. The number of ketones is 1. The molecule has 0 unspecified atom stereocenters. The standard InChI is InChI=1S/C44H37FN2O4S2/c45-34-23-21-32(22-24-34)41(48)38-15-6-7-16-39(38)43(50)47-27-36(51-28-33-12-4-5-14-37(33)31-10-2-1-3-11-31)26-35(47)13-8-9-29-17-19-30(20-18-29)25-40-42(49)46-44(52)53-40/h1-7,10-12,14-25,35-36H,8-9,13,26-28H2,(H,46,49,52)/b40-25-/t35-,36-/m1/s1. The van der Waals surface area contributed by atoms with Crippen LogP contribution in [0.2, 0.25) is 0 Å². The number of thiocarbonyl (C=S) groups is 1. The van der Waals surface area contributed by atoms with Crippen molar-refractivity contribution in [1.29, 1.82) is 0 Å². The minimum atomic E-state index is -0.432. The Morgan fingerprint density at radius 3 is 2.30 bits per heavy atom. The quantitative estimate of drug-likeness (QED) is 0.0782. The van der Waals surface area contributed by atoms with Crippen LogP contribution in [0.4, 0.5) is 4.39 Å². The van der Waals surface area contributed by atoms with Crippen molar-refractivity contribution in [2.75, 3.05) is 6.54 Å². The number of rotatable bonds is 12. The lowest BCUT2D eigenvalue weighted by Gasteiger charge is -2.25. The smallest absolute Gasteiger partial charge is 0.263 e. The number of benzene rings is 5. The molecule has 2 heterocycles. The van der Waals surface area contributed by atoms with E-state index in [1.54, 1.807) is 24.3 Å². The van der Waals surface area contributed by atoms with Gasteiger partial charge in [-0.15, -0.1) is 0 Å². The van der Waals surface area contributed by atoms with E-state index in [0.717, 1.165) is 47.1 Å². The van der Waals surface area contributed by atoms with Gasteiger partial charge in [-0.2, -0.15) is 0 Å². The van der Waals surface area contributed by atoms with Gasteiger partial charge in [0.25, 0.3) is 11.8 Å². The maximum Gasteiger partial charge on any atom is 0.263 e. The predicted octanol–water partition coefficient (Wildman–Crippen LogP) is 9.04. The van der Waals surface area contributed by atoms with Crippen LogP contribution in [0.25, 0.3) is 17.2 Å². The van der Waals surface area contributed by atoms with Gasteiger partial charge in [0, 0.05) is 23.7 Å². The maximum atomic E-state index is 14.4. The number of hydrogen-bond donors (Lipinski definition) is 1. The molecule has 9 heteroatoms. The number of carbonyl (C=O) groups is 3. The van der Waals surface area contributed by atoms with Crippen LogP contribution in [0.1, 0.15) is 62.2 Å². The molecule has 0 radical (unpaired) electrons. The summed E-state index contributed by atoms with van der Waals surface area (Å²) < 4.78 is 20.7. The largest absolute Gasteiger partial charge is 0.372 e. The Kier molecular flexibility index (Phi) is 11.3. The molecule has 53 heavy (non-hydrogen) atoms. The van der Waals surface area contributed by atoms with Gasteiger partial charge in [-0.05, 0) is 89.9 Å². The van der Waals surface area contributed by atoms with E-state index in [1.165, 1.54) is 36.0 Å². The van der Waals surface area contributed by atoms with Crippen molar-refractivity contribution in [2.45, 2.75) is 44.4 Å². The second kappa shape index (κ2) is 16.6. The normalized spacial score (nSPS) is 17.7. The van der Waals surface area contributed by atoms with Crippen molar-refractivity contribution in [2.24, 2.45) is 0 Å². The summed E-state index contributed by atoms with van der Waals surface area (Å²) in [6.45, 7) is 0.799. The first-order valence-corrected chi connectivity index (χ1v) is 18.8. The third-order valence-electron chi connectivity index (χ3n) is 9.64. The lowest BCUT2D eigenvalue weighted by atomic mass is 9.97. The monoisotopic (exact) mass is 740 g/mol. The van der Waals surface area contributed by atoms with E-state index in [-0.39, 0.29) is 35.3 Å². The number of hydrogen-bond acceptors (Lipinski definition) is 6. The summed E-state index contributed by atoms with van der Waals surface area (Å²) in [5, 5.41) is 2.64. The van der Waals surface area contributed by atoms with Gasteiger partial charge in [0.05, 0.1) is 23.2 Å². The van der Waals surface area contributed by atoms with Crippen molar-refractivity contribution < 1.29 is 23.5 Å². The summed E-state index contributed by atoms with van der Waals surface area (Å²) in [7, 11) is 0. The number of ether oxygens (including phenoxy) is 1. The average molecular weight is 741 g/mol. The van der Waals surface area contributed by atoms with Gasteiger partial charge in [-0.25, -0.2) is 4.39 Å². The molecule has 2 saturated heterocycles. The van der Waals surface area contributed by atoms with Crippen molar-refractivity contribution in [3.63, 3.8) is 0 Å². The molecule has 2 amide bonds. The summed E-state index contributed by atoms with van der Waals surface area (Å²) in [5.74, 6) is -1.16. The van der Waals surface area contributed by atoms with E-state index in [2.05, 4.69) is 41.7 Å². The van der Waals surface area contributed by atoms with Gasteiger partial charge in [0.1, 0.15) is 10.1 Å². The molecule has 7 rings (SSSR count). The van der Waals surface area contributed by atoms with Crippen LogP contribution < -0.4 is 5.32 Å². The van der Waals surface area contributed by atoms with Crippen LogP contribution in [-0.4, -0.2) is 45.5 Å². The van der Waals surface area contributed by atoms with Gasteiger partial charge in [0.15, 0.2) is 5.78 Å². The Morgan fingerprint density at radius 2 is 1.57 bits per heavy atom. The molecule has 2 fully saturated rings. The highest BCUT2D eigenvalue weighted by Crippen LogP contribution is 2.31. The molecule has 5 aromatic carbocycles. The van der Waals surface area contributed by atoms with Crippen molar-refractivity contribution >= 4 is 52.0 Å². The van der Waals surface area contributed by atoms with E-state index in [1.807, 2.05) is 53.4 Å². The van der Waals surface area contributed by atoms with Crippen LogP contribution in [0, 0.1) is 5.82 Å². The number of halogens is 1. The third kappa shape index (κ3) is 8.71. The molecule has 2 aliphatic heterocycles. The van der Waals surface area contributed by atoms with Crippen LogP contribution in [0.3, 0.4) is 0 Å². The molecule has 266 valence electrons. The Morgan fingerprint density at radius 1 is 0.868 bits per heavy atom. The van der Waals surface area contributed by atoms with E-state index >= 15 is 0 Å². The fourth-order valence-electron chi connectivity index (χ4n) is 6.94. The highest BCUT2D eigenvalue weighted by molar-refractivity contribution is 8.26. The van der Waals surface area contributed by atoms with Gasteiger partial charge in [-0.3, -0.25) is 14.4 Å². The minimum absolute atomic E-state index is 0.100. The number of carbonyl (C=O) groups excluding carboxylic acids is 3. The zero-order valence-electron chi connectivity index (χ0n) is 28.9. The molecule has 2 aliphatic rings. The summed E-state index contributed by atoms with van der Waals surface area (Å²) in [5.41, 5.74) is 6.31. The van der Waals surface area contributed by atoms with Crippen LogP contribution in [-0.2, 0) is 22.6 Å². The first-order valence-electron chi connectivity index (χ1n) is 17.6. The summed E-state index contributed by atoms with van der Waals surface area (Å²) in [6.07, 6.45) is 4.70. The Balaban J connectivity index is 1.07. The number of likely N-dealkylation sites (tertiary alicyclic amines) is 1. The van der Waals surface area contributed by atoms with Gasteiger partial charge >= 0.3 is 0 Å². The van der Waals surface area contributed by atoms with Gasteiger partial charge in [0.2, 0.25) is 0 Å².